The maximum absolute atomic E-state index is 8.86. The summed E-state index contributed by atoms with van der Waals surface area (Å²) < 4.78 is 0. The van der Waals surface area contributed by atoms with E-state index in [1.54, 1.807) is 0 Å². The summed E-state index contributed by atoms with van der Waals surface area (Å²) in [6, 6.07) is 1.89. The summed E-state index contributed by atoms with van der Waals surface area (Å²) in [6.07, 6.45) is 2.22. The first-order valence-corrected chi connectivity index (χ1v) is 4.71. The highest BCUT2D eigenvalue weighted by atomic mass is 16.3. The van der Waals surface area contributed by atoms with Gasteiger partial charge in [0.15, 0.2) is 0 Å². The van der Waals surface area contributed by atoms with Gasteiger partial charge < -0.3 is 10.4 Å². The van der Waals surface area contributed by atoms with Gasteiger partial charge in [0.2, 0.25) is 0 Å². The van der Waals surface area contributed by atoms with Gasteiger partial charge in [-0.05, 0) is 27.2 Å². The molecule has 0 aliphatic rings. The first-order valence-electron chi connectivity index (χ1n) is 4.71. The Morgan fingerprint density at radius 3 is 2.71 bits per heavy atom. The van der Waals surface area contributed by atoms with Crippen molar-refractivity contribution in [2.75, 3.05) is 11.9 Å². The molecular formula is C10H17N3O. The maximum atomic E-state index is 8.86. The number of hydrogen-bond acceptors (Lipinski definition) is 4. The molecule has 0 amide bonds. The Hall–Kier alpha value is -1.16. The molecule has 1 aromatic rings. The SMILES string of the molecule is Cc1cc(NC(C)(C)CCO)ncn1. The standard InChI is InChI=1S/C10H17N3O/c1-8-6-9(12-7-11-8)13-10(2,3)4-5-14/h6-7,14H,4-5H2,1-3H3,(H,11,12,13). The van der Waals surface area contributed by atoms with Crippen molar-refractivity contribution in [2.45, 2.75) is 32.7 Å². The summed E-state index contributed by atoms with van der Waals surface area (Å²) in [5, 5.41) is 12.1. The minimum Gasteiger partial charge on any atom is -0.396 e. The number of rotatable bonds is 4. The lowest BCUT2D eigenvalue weighted by Crippen LogP contribution is -2.32. The minimum atomic E-state index is -0.143. The van der Waals surface area contributed by atoms with E-state index in [0.717, 1.165) is 11.5 Å². The first kappa shape index (κ1) is 10.9. The number of nitrogens with zero attached hydrogens (tertiary/aromatic N) is 2. The van der Waals surface area contributed by atoms with E-state index < -0.39 is 0 Å². The number of aliphatic hydroxyl groups is 1. The van der Waals surface area contributed by atoms with Gasteiger partial charge >= 0.3 is 0 Å². The van der Waals surface area contributed by atoms with Crippen molar-refractivity contribution in [1.82, 2.24) is 9.97 Å². The molecule has 0 saturated carbocycles. The maximum Gasteiger partial charge on any atom is 0.129 e. The van der Waals surface area contributed by atoms with Gasteiger partial charge in [0, 0.05) is 23.9 Å². The number of hydrogen-bond donors (Lipinski definition) is 2. The highest BCUT2D eigenvalue weighted by molar-refractivity contribution is 5.37. The van der Waals surface area contributed by atoms with E-state index in [0.29, 0.717) is 6.42 Å². The van der Waals surface area contributed by atoms with Crippen LogP contribution in [0.3, 0.4) is 0 Å². The van der Waals surface area contributed by atoms with Crippen LogP contribution in [0.5, 0.6) is 0 Å². The van der Waals surface area contributed by atoms with E-state index in [9.17, 15) is 0 Å². The summed E-state index contributed by atoms with van der Waals surface area (Å²) >= 11 is 0. The molecule has 4 nitrogen and oxygen atoms in total. The Labute approximate surface area is 84.4 Å². The first-order chi connectivity index (χ1) is 6.53. The molecule has 0 bridgehead atoms. The second-order valence-corrected chi connectivity index (χ2v) is 4.03. The fraction of sp³-hybridized carbons (Fsp3) is 0.600. The predicted molar refractivity (Wildman–Crippen MR) is 56.2 cm³/mol. The molecule has 2 N–H and O–H groups in total. The summed E-state index contributed by atoms with van der Waals surface area (Å²) in [7, 11) is 0. The van der Waals surface area contributed by atoms with Crippen molar-refractivity contribution in [3.63, 3.8) is 0 Å². The second kappa shape index (κ2) is 4.37. The van der Waals surface area contributed by atoms with Gasteiger partial charge in [-0.3, -0.25) is 0 Å². The molecule has 0 saturated heterocycles. The Morgan fingerprint density at radius 2 is 2.14 bits per heavy atom. The van der Waals surface area contributed by atoms with Gasteiger partial charge in [-0.1, -0.05) is 0 Å². The third-order valence-electron chi connectivity index (χ3n) is 2.01. The lowest BCUT2D eigenvalue weighted by molar-refractivity contribution is 0.260. The minimum absolute atomic E-state index is 0.143. The van der Waals surface area contributed by atoms with E-state index in [2.05, 4.69) is 15.3 Å². The zero-order valence-electron chi connectivity index (χ0n) is 8.91. The molecule has 0 atom stereocenters. The van der Waals surface area contributed by atoms with Crippen LogP contribution in [0.25, 0.3) is 0 Å². The summed E-state index contributed by atoms with van der Waals surface area (Å²) in [4.78, 5) is 8.12. The van der Waals surface area contributed by atoms with E-state index in [1.807, 2.05) is 26.8 Å². The molecule has 78 valence electrons. The fourth-order valence-corrected chi connectivity index (χ4v) is 1.21. The molecule has 1 heterocycles. The lowest BCUT2D eigenvalue weighted by atomic mass is 10.0. The van der Waals surface area contributed by atoms with Crippen LogP contribution in [0.4, 0.5) is 5.82 Å². The molecule has 4 heteroatoms. The monoisotopic (exact) mass is 195 g/mol. The van der Waals surface area contributed by atoms with Crippen LogP contribution in [0, 0.1) is 6.92 Å². The number of aryl methyl sites for hydroxylation is 1. The van der Waals surface area contributed by atoms with Gasteiger partial charge in [-0.2, -0.15) is 0 Å². The Bertz CT molecular complexity index is 299. The van der Waals surface area contributed by atoms with Crippen molar-refractivity contribution >= 4 is 5.82 Å². The average molecular weight is 195 g/mol. The van der Waals surface area contributed by atoms with Crippen molar-refractivity contribution in [2.24, 2.45) is 0 Å². The topological polar surface area (TPSA) is 58.0 Å². The Morgan fingerprint density at radius 1 is 1.43 bits per heavy atom. The van der Waals surface area contributed by atoms with Crippen LogP contribution >= 0.6 is 0 Å². The van der Waals surface area contributed by atoms with Crippen LogP contribution in [0.1, 0.15) is 26.0 Å². The molecule has 0 aliphatic heterocycles. The molecule has 0 aromatic carbocycles. The van der Waals surface area contributed by atoms with Crippen LogP contribution in [-0.4, -0.2) is 27.2 Å². The molecule has 14 heavy (non-hydrogen) atoms. The summed E-state index contributed by atoms with van der Waals surface area (Å²) in [5.41, 5.74) is 0.789. The Balaban J connectivity index is 2.68. The fourth-order valence-electron chi connectivity index (χ4n) is 1.21. The van der Waals surface area contributed by atoms with Gasteiger partial charge in [0.05, 0.1) is 0 Å². The van der Waals surface area contributed by atoms with Crippen LogP contribution in [0.2, 0.25) is 0 Å². The zero-order chi connectivity index (χ0) is 10.6. The number of anilines is 1. The third kappa shape index (κ3) is 3.30. The number of aromatic nitrogens is 2. The van der Waals surface area contributed by atoms with Gasteiger partial charge in [0.25, 0.3) is 0 Å². The van der Waals surface area contributed by atoms with Crippen molar-refractivity contribution in [3.8, 4) is 0 Å². The highest BCUT2D eigenvalue weighted by Gasteiger charge is 2.16. The molecular weight excluding hydrogens is 178 g/mol. The molecule has 1 rings (SSSR count). The van der Waals surface area contributed by atoms with Gasteiger partial charge in [-0.15, -0.1) is 0 Å². The molecule has 0 fully saturated rings. The Kier molecular flexibility index (Phi) is 3.41. The smallest absolute Gasteiger partial charge is 0.129 e. The third-order valence-corrected chi connectivity index (χ3v) is 2.01. The van der Waals surface area contributed by atoms with Crippen molar-refractivity contribution in [3.05, 3.63) is 18.1 Å². The van der Waals surface area contributed by atoms with Gasteiger partial charge in [-0.25, -0.2) is 9.97 Å². The highest BCUT2D eigenvalue weighted by Crippen LogP contribution is 2.15. The van der Waals surface area contributed by atoms with E-state index in [4.69, 9.17) is 5.11 Å². The van der Waals surface area contributed by atoms with E-state index >= 15 is 0 Å². The summed E-state index contributed by atoms with van der Waals surface area (Å²) in [5.74, 6) is 0.802. The number of aliphatic hydroxyl groups excluding tert-OH is 1. The second-order valence-electron chi connectivity index (χ2n) is 4.03. The van der Waals surface area contributed by atoms with Crippen LogP contribution < -0.4 is 5.32 Å². The molecule has 0 radical (unpaired) electrons. The quantitative estimate of drug-likeness (QED) is 0.761. The molecule has 0 unspecified atom stereocenters. The predicted octanol–water partition coefficient (Wildman–Crippen LogP) is 1.36. The van der Waals surface area contributed by atoms with Crippen LogP contribution in [0.15, 0.2) is 12.4 Å². The average Bonchev–Trinajstić information content (AvgIpc) is 2.02. The number of nitrogens with one attached hydrogen (secondary N) is 1. The zero-order valence-corrected chi connectivity index (χ0v) is 8.91. The molecule has 1 aromatic heterocycles. The molecule has 0 spiro atoms. The largest absolute Gasteiger partial charge is 0.396 e. The normalized spacial score (nSPS) is 11.4. The lowest BCUT2D eigenvalue weighted by Gasteiger charge is -2.25. The van der Waals surface area contributed by atoms with Crippen LogP contribution in [-0.2, 0) is 0 Å². The summed E-state index contributed by atoms with van der Waals surface area (Å²) in [6.45, 7) is 6.15. The van der Waals surface area contributed by atoms with Crippen molar-refractivity contribution in [1.29, 1.82) is 0 Å². The van der Waals surface area contributed by atoms with E-state index in [1.165, 1.54) is 6.33 Å². The van der Waals surface area contributed by atoms with Gasteiger partial charge in [0.1, 0.15) is 12.1 Å². The van der Waals surface area contributed by atoms with Crippen molar-refractivity contribution < 1.29 is 5.11 Å². The van der Waals surface area contributed by atoms with E-state index in [-0.39, 0.29) is 12.1 Å². The molecule has 0 aliphatic carbocycles.